The molecule has 0 radical (unpaired) electrons. The number of allylic oxidation sites excluding steroid dienone is 2. The van der Waals surface area contributed by atoms with Crippen LogP contribution in [-0.2, 0) is 24.0 Å². The third-order valence-corrected chi connectivity index (χ3v) is 11.5. The van der Waals surface area contributed by atoms with Gasteiger partial charge in [0.15, 0.2) is 33.0 Å². The first-order valence-corrected chi connectivity index (χ1v) is 16.2. The first kappa shape index (κ1) is 35.1. The van der Waals surface area contributed by atoms with Crippen molar-refractivity contribution in [3.05, 3.63) is 69.5 Å². The Bertz CT molecular complexity index is 1870. The Balaban J connectivity index is 1.48. The Kier molecular flexibility index (Phi) is 8.76. The number of unbranched alkanes of at least 4 members (excludes halogenated alkanes) is 2. The van der Waals surface area contributed by atoms with Gasteiger partial charge in [-0.3, -0.25) is 28.9 Å². The first-order chi connectivity index (χ1) is 23.0. The molecule has 2 aromatic rings. The fourth-order valence-electron chi connectivity index (χ4n) is 7.68. The third-order valence-electron chi connectivity index (χ3n) is 9.89. The van der Waals surface area contributed by atoms with Gasteiger partial charge in [0.05, 0.1) is 11.8 Å². The number of nitrogens with zero attached hydrogens (tertiary/aromatic N) is 2. The molecule has 260 valence electrons. The molecule has 1 saturated carbocycles. The summed E-state index contributed by atoms with van der Waals surface area (Å²) in [7, 11) is 0. The van der Waals surface area contributed by atoms with E-state index in [1.807, 2.05) is 0 Å². The average molecular weight is 750 g/mol. The number of amides is 4. The minimum atomic E-state index is -2.79. The maximum absolute atomic E-state index is 15.1. The number of phenols is 1. The van der Waals surface area contributed by atoms with E-state index in [0.717, 1.165) is 11.0 Å². The summed E-state index contributed by atoms with van der Waals surface area (Å²) < 4.78 is 72.9. The van der Waals surface area contributed by atoms with Gasteiger partial charge in [0, 0.05) is 29.5 Å². The molecule has 2 aliphatic heterocycles. The molecular formula is C32H24Cl3F5N2O7. The maximum Gasteiger partial charge on any atom is 0.303 e. The average Bonchev–Trinajstić information content (AvgIpc) is 3.38. The van der Waals surface area contributed by atoms with Crippen molar-refractivity contribution in [1.29, 1.82) is 0 Å². The topological polar surface area (TPSA) is 132 Å². The molecule has 2 aliphatic carbocycles. The van der Waals surface area contributed by atoms with Crippen LogP contribution in [0.2, 0.25) is 5.02 Å². The molecule has 0 aromatic heterocycles. The van der Waals surface area contributed by atoms with E-state index in [1.54, 1.807) is 0 Å². The summed E-state index contributed by atoms with van der Waals surface area (Å²) in [6, 6.07) is 3.59. The highest BCUT2D eigenvalue weighted by Gasteiger charge is 2.77. The minimum Gasteiger partial charge on any atom is -0.508 e. The molecule has 0 bridgehead atoms. The smallest absolute Gasteiger partial charge is 0.303 e. The lowest BCUT2D eigenvalue weighted by Crippen LogP contribution is -2.60. The fraction of sp³-hybridized carbons (Fsp3) is 0.406. The monoisotopic (exact) mass is 748 g/mol. The van der Waals surface area contributed by atoms with E-state index >= 15 is 8.78 Å². The summed E-state index contributed by atoms with van der Waals surface area (Å²) in [5.74, 6) is -23.5. The van der Waals surface area contributed by atoms with Crippen LogP contribution in [0.3, 0.4) is 0 Å². The van der Waals surface area contributed by atoms with Crippen LogP contribution in [0.5, 0.6) is 5.75 Å². The molecule has 0 spiro atoms. The van der Waals surface area contributed by atoms with Crippen molar-refractivity contribution >= 4 is 70.1 Å². The van der Waals surface area contributed by atoms with Crippen LogP contribution < -0.4 is 4.90 Å². The number of fused-ring (bicyclic) bond motifs is 4. The highest BCUT2D eigenvalue weighted by molar-refractivity contribution is 6.58. The predicted molar refractivity (Wildman–Crippen MR) is 162 cm³/mol. The highest BCUT2D eigenvalue weighted by atomic mass is 35.5. The van der Waals surface area contributed by atoms with E-state index < -0.39 is 110 Å². The molecule has 17 heteroatoms. The van der Waals surface area contributed by atoms with Gasteiger partial charge < -0.3 is 10.2 Å². The van der Waals surface area contributed by atoms with Gasteiger partial charge in [0.1, 0.15) is 11.4 Å². The van der Waals surface area contributed by atoms with Crippen LogP contribution in [0.15, 0.2) is 29.8 Å². The Labute approximate surface area is 289 Å². The predicted octanol–water partition coefficient (Wildman–Crippen LogP) is 5.95. The molecule has 49 heavy (non-hydrogen) atoms. The van der Waals surface area contributed by atoms with Gasteiger partial charge in [-0.05, 0) is 49.8 Å². The van der Waals surface area contributed by atoms with Gasteiger partial charge >= 0.3 is 5.97 Å². The second-order valence-corrected chi connectivity index (χ2v) is 14.1. The molecular weight excluding hydrogens is 726 g/mol. The summed E-state index contributed by atoms with van der Waals surface area (Å²) in [4.78, 5) is 61.8. The zero-order chi connectivity index (χ0) is 35.9. The van der Waals surface area contributed by atoms with Crippen LogP contribution >= 0.6 is 34.8 Å². The Morgan fingerprint density at radius 2 is 1.51 bits per heavy atom. The van der Waals surface area contributed by atoms with E-state index in [2.05, 4.69) is 0 Å². The highest BCUT2D eigenvalue weighted by Crippen LogP contribution is 2.66. The van der Waals surface area contributed by atoms with E-state index in [9.17, 15) is 42.3 Å². The second-order valence-electron chi connectivity index (χ2n) is 12.4. The normalized spacial score (nSPS) is 29.3. The summed E-state index contributed by atoms with van der Waals surface area (Å²) in [6.45, 7) is -0.0399. The fourth-order valence-corrected chi connectivity index (χ4v) is 8.78. The largest absolute Gasteiger partial charge is 0.508 e. The molecule has 2 N–H and O–H groups in total. The van der Waals surface area contributed by atoms with Crippen molar-refractivity contribution in [3.63, 3.8) is 0 Å². The molecule has 6 rings (SSSR count). The number of benzene rings is 2. The molecule has 3 fully saturated rings. The summed E-state index contributed by atoms with van der Waals surface area (Å²) in [6.07, 6.45) is 1.63. The number of phenolic OH excluding ortho intramolecular Hbond substituents is 1. The van der Waals surface area contributed by atoms with Crippen LogP contribution in [-0.4, -0.2) is 61.0 Å². The lowest BCUT2D eigenvalue weighted by molar-refractivity contribution is -0.141. The number of likely N-dealkylation sites (tertiary alicyclic amines) is 1. The number of rotatable bonds is 8. The molecule has 2 saturated heterocycles. The van der Waals surface area contributed by atoms with Crippen LogP contribution in [0, 0.1) is 46.8 Å². The maximum atomic E-state index is 15.1. The minimum absolute atomic E-state index is 0.000707. The molecule has 4 amide bonds. The van der Waals surface area contributed by atoms with Crippen LogP contribution in [0.1, 0.15) is 50.0 Å². The van der Waals surface area contributed by atoms with Crippen molar-refractivity contribution < 1.29 is 56.1 Å². The number of anilines is 1. The molecule has 2 heterocycles. The quantitative estimate of drug-likeness (QED) is 0.0649. The lowest BCUT2D eigenvalue weighted by atomic mass is 9.56. The van der Waals surface area contributed by atoms with Crippen molar-refractivity contribution in [2.24, 2.45) is 17.8 Å². The van der Waals surface area contributed by atoms with Crippen LogP contribution in [0.4, 0.5) is 27.6 Å². The number of carbonyl (C=O) groups is 5. The van der Waals surface area contributed by atoms with Gasteiger partial charge in [-0.1, -0.05) is 29.7 Å². The SMILES string of the molecule is O=C(O)CCCCCN1C(=O)C2CC=C3C(CC4(Cl)C(=O)N(c5c(F)c(F)c(F)c(F)c5F)C(=O)C4(Cl)C3c3cc(Cl)ccc3O)C2C1=O. The standard InChI is InChI=1S/C32H24Cl3F5N2O7/c33-12-5-8-17(43)15(10-12)20-13-6-7-14-19(28(47)41(27(14)46)9-3-1-2-4-18(44)45)16(13)11-31(34)29(48)42(30(49)32(20,31)35)26-24(39)22(37)21(36)23(38)25(26)40/h5-6,8,10,14,16,19-20,43H,1-4,7,9,11H2,(H,44,45). The number of hydrogen-bond acceptors (Lipinski definition) is 6. The van der Waals surface area contributed by atoms with Crippen molar-refractivity contribution in [1.82, 2.24) is 4.90 Å². The number of alkyl halides is 2. The number of aliphatic carboxylic acids is 1. The van der Waals surface area contributed by atoms with Crippen molar-refractivity contribution in [2.75, 3.05) is 11.4 Å². The first-order valence-electron chi connectivity index (χ1n) is 15.0. The summed E-state index contributed by atoms with van der Waals surface area (Å²) in [5.41, 5.74) is -1.95. The molecule has 4 aliphatic rings. The Morgan fingerprint density at radius 1 is 0.878 bits per heavy atom. The van der Waals surface area contributed by atoms with Crippen molar-refractivity contribution in [3.8, 4) is 5.75 Å². The lowest BCUT2D eigenvalue weighted by Gasteiger charge is -2.50. The number of carboxylic acids is 1. The Morgan fingerprint density at radius 3 is 2.14 bits per heavy atom. The van der Waals surface area contributed by atoms with Gasteiger partial charge in [-0.15, -0.1) is 23.2 Å². The zero-order valence-corrected chi connectivity index (χ0v) is 27.2. The van der Waals surface area contributed by atoms with E-state index in [0.29, 0.717) is 19.3 Å². The van der Waals surface area contributed by atoms with Crippen LogP contribution in [0.25, 0.3) is 0 Å². The number of carbonyl (C=O) groups excluding carboxylic acids is 4. The third kappa shape index (κ3) is 4.96. The van der Waals surface area contributed by atoms with Gasteiger partial charge in [-0.25, -0.2) is 26.9 Å². The second kappa shape index (κ2) is 12.2. The van der Waals surface area contributed by atoms with E-state index in [-0.39, 0.29) is 40.4 Å². The molecule has 2 aromatic carbocycles. The van der Waals surface area contributed by atoms with E-state index in [4.69, 9.17) is 39.9 Å². The van der Waals surface area contributed by atoms with Gasteiger partial charge in [-0.2, -0.15) is 0 Å². The van der Waals surface area contributed by atoms with Crippen molar-refractivity contribution in [2.45, 2.75) is 54.2 Å². The number of aromatic hydroxyl groups is 1. The molecule has 9 nitrogen and oxygen atoms in total. The van der Waals surface area contributed by atoms with Gasteiger partial charge in [0.2, 0.25) is 17.6 Å². The summed E-state index contributed by atoms with van der Waals surface area (Å²) in [5, 5.41) is 19.9. The summed E-state index contributed by atoms with van der Waals surface area (Å²) >= 11 is 20.3. The number of carboxylic acid groups (broad SMARTS) is 1. The molecule has 6 atom stereocenters. The number of halogens is 8. The van der Waals surface area contributed by atoms with E-state index in [1.165, 1.54) is 18.2 Å². The van der Waals surface area contributed by atoms with Gasteiger partial charge in [0.25, 0.3) is 11.8 Å². The number of hydrogen-bond donors (Lipinski definition) is 2. The Hall–Kier alpha value is -3.75. The molecule has 6 unspecified atom stereocenters. The zero-order valence-electron chi connectivity index (χ0n) is 24.9. The number of imide groups is 2.